The van der Waals surface area contributed by atoms with Gasteiger partial charge in [0, 0.05) is 6.42 Å². The number of rotatable bonds is 3. The normalized spacial score (nSPS) is 28.5. The van der Waals surface area contributed by atoms with Crippen LogP contribution in [0, 0.1) is 0 Å². The number of nitrogens with zero attached hydrogens (tertiary/aromatic N) is 3. The average Bonchev–Trinajstić information content (AvgIpc) is 2.92. The van der Waals surface area contributed by atoms with E-state index in [2.05, 4.69) is 22.4 Å². The second-order valence-electron chi connectivity index (χ2n) is 4.80. The predicted molar refractivity (Wildman–Crippen MR) is 78.3 cm³/mol. The van der Waals surface area contributed by atoms with Crippen molar-refractivity contribution in [1.29, 1.82) is 0 Å². The van der Waals surface area contributed by atoms with Crippen molar-refractivity contribution in [2.75, 3.05) is 16.4 Å². The summed E-state index contributed by atoms with van der Waals surface area (Å²) in [5, 5.41) is 13.6. The third kappa shape index (κ3) is 2.34. The second kappa shape index (κ2) is 4.64. The highest BCUT2D eigenvalue weighted by Gasteiger charge is 2.48. The van der Waals surface area contributed by atoms with Crippen LogP contribution in [0.2, 0.25) is 0 Å². The molecule has 3 heterocycles. The zero-order valence-electron chi connectivity index (χ0n) is 10.4. The molecule has 1 N–H and O–H groups in total. The number of nitrogens with one attached hydrogen (secondary N) is 1. The first-order valence-corrected chi connectivity index (χ1v) is 9.17. The van der Waals surface area contributed by atoms with Gasteiger partial charge < -0.3 is 5.32 Å². The first kappa shape index (κ1) is 13.2. The number of hydrogen-bond acceptors (Lipinski definition) is 6. The van der Waals surface area contributed by atoms with Gasteiger partial charge in [0.05, 0.1) is 23.6 Å². The van der Waals surface area contributed by atoms with E-state index in [9.17, 15) is 8.42 Å². The molecule has 104 valence electrons. The molecule has 0 saturated carbocycles. The largest absolute Gasteiger partial charge is 0.356 e. The van der Waals surface area contributed by atoms with E-state index in [-0.39, 0.29) is 23.6 Å². The highest BCUT2D eigenvalue weighted by atomic mass is 32.2. The first-order chi connectivity index (χ1) is 9.00. The van der Waals surface area contributed by atoms with E-state index < -0.39 is 9.84 Å². The molecule has 0 bridgehead atoms. The Balaban J connectivity index is 1.88. The molecule has 9 heteroatoms. The number of aromatic nitrogens is 2. The van der Waals surface area contributed by atoms with Crippen LogP contribution in [0.15, 0.2) is 0 Å². The molecule has 2 fully saturated rings. The monoisotopic (exact) mass is 318 g/mol. The summed E-state index contributed by atoms with van der Waals surface area (Å²) < 4.78 is 23.4. The van der Waals surface area contributed by atoms with E-state index in [4.69, 9.17) is 12.2 Å². The van der Waals surface area contributed by atoms with Crippen molar-refractivity contribution >= 4 is 43.6 Å². The minimum Gasteiger partial charge on any atom is -0.356 e. The van der Waals surface area contributed by atoms with Crippen molar-refractivity contribution < 1.29 is 8.42 Å². The molecule has 3 rings (SSSR count). The summed E-state index contributed by atoms with van der Waals surface area (Å²) in [5.74, 6) is 0.280. The Labute approximate surface area is 121 Å². The molecule has 2 aliphatic heterocycles. The Morgan fingerprint density at radius 2 is 2.26 bits per heavy atom. The lowest BCUT2D eigenvalue weighted by atomic mass is 10.2. The SMILES string of the molecule is CCCc1nnc(N2C(=S)N[C@@H]3CS(=O)(=O)C[C@H]32)s1. The first-order valence-electron chi connectivity index (χ1n) is 6.12. The molecule has 0 aromatic carbocycles. The van der Waals surface area contributed by atoms with Crippen LogP contribution in [-0.2, 0) is 16.3 Å². The Morgan fingerprint density at radius 1 is 1.47 bits per heavy atom. The van der Waals surface area contributed by atoms with Crippen molar-refractivity contribution in [1.82, 2.24) is 15.5 Å². The quantitative estimate of drug-likeness (QED) is 0.806. The fourth-order valence-corrected chi connectivity index (χ4v) is 5.81. The topological polar surface area (TPSA) is 75.2 Å². The van der Waals surface area contributed by atoms with Gasteiger partial charge in [-0.25, -0.2) is 8.42 Å². The minimum atomic E-state index is -2.98. The minimum absolute atomic E-state index is 0.115. The molecule has 1 aromatic heterocycles. The van der Waals surface area contributed by atoms with Crippen LogP contribution in [0.5, 0.6) is 0 Å². The maximum atomic E-state index is 11.7. The molecule has 0 unspecified atom stereocenters. The Kier molecular flexibility index (Phi) is 3.22. The van der Waals surface area contributed by atoms with Gasteiger partial charge >= 0.3 is 0 Å². The number of aryl methyl sites for hydroxylation is 1. The zero-order valence-corrected chi connectivity index (χ0v) is 12.8. The Morgan fingerprint density at radius 3 is 3.00 bits per heavy atom. The van der Waals surface area contributed by atoms with Gasteiger partial charge in [-0.2, -0.15) is 0 Å². The van der Waals surface area contributed by atoms with Crippen LogP contribution < -0.4 is 10.2 Å². The van der Waals surface area contributed by atoms with E-state index >= 15 is 0 Å². The van der Waals surface area contributed by atoms with Gasteiger partial charge in [-0.1, -0.05) is 18.3 Å². The molecule has 6 nitrogen and oxygen atoms in total. The van der Waals surface area contributed by atoms with E-state index in [1.165, 1.54) is 11.3 Å². The molecule has 0 radical (unpaired) electrons. The second-order valence-corrected chi connectivity index (χ2v) is 8.38. The van der Waals surface area contributed by atoms with Gasteiger partial charge in [-0.3, -0.25) is 4.90 Å². The van der Waals surface area contributed by atoms with Gasteiger partial charge in [-0.15, -0.1) is 10.2 Å². The van der Waals surface area contributed by atoms with Crippen molar-refractivity contribution in [2.45, 2.75) is 31.8 Å². The van der Waals surface area contributed by atoms with Crippen LogP contribution in [-0.4, -0.2) is 47.3 Å². The van der Waals surface area contributed by atoms with Crippen LogP contribution in [0.4, 0.5) is 5.13 Å². The Hall–Kier alpha value is -0.800. The van der Waals surface area contributed by atoms with E-state index in [0.29, 0.717) is 10.2 Å². The van der Waals surface area contributed by atoms with E-state index in [0.717, 1.165) is 17.8 Å². The van der Waals surface area contributed by atoms with Crippen LogP contribution in [0.3, 0.4) is 0 Å². The van der Waals surface area contributed by atoms with Crippen molar-refractivity contribution in [3.63, 3.8) is 0 Å². The standard InChI is InChI=1S/C10H14N4O2S3/c1-2-3-8-12-13-10(18-8)14-7-5-19(15,16)4-6(7)11-9(14)17/h6-7H,2-5H2,1H3,(H,11,17)/t6-,7-/m1/s1. The van der Waals surface area contributed by atoms with E-state index in [1.807, 2.05) is 4.90 Å². The molecule has 2 saturated heterocycles. The lowest BCUT2D eigenvalue weighted by Gasteiger charge is -2.18. The number of anilines is 1. The van der Waals surface area contributed by atoms with Gasteiger partial charge in [0.2, 0.25) is 5.13 Å². The lowest BCUT2D eigenvalue weighted by molar-refractivity contribution is 0.600. The molecule has 0 spiro atoms. The molecule has 19 heavy (non-hydrogen) atoms. The average molecular weight is 318 g/mol. The summed E-state index contributed by atoms with van der Waals surface area (Å²) in [6, 6.07) is -0.254. The molecular weight excluding hydrogens is 304 g/mol. The molecule has 1 aromatic rings. The number of sulfone groups is 1. The lowest BCUT2D eigenvalue weighted by Crippen LogP contribution is -2.36. The smallest absolute Gasteiger partial charge is 0.214 e. The number of hydrogen-bond donors (Lipinski definition) is 1. The summed E-state index contributed by atoms with van der Waals surface area (Å²) in [6.07, 6.45) is 1.90. The summed E-state index contributed by atoms with van der Waals surface area (Å²) in [4.78, 5) is 1.82. The molecule has 2 atom stereocenters. The zero-order chi connectivity index (χ0) is 13.6. The maximum Gasteiger partial charge on any atom is 0.214 e. The highest BCUT2D eigenvalue weighted by molar-refractivity contribution is 7.91. The predicted octanol–water partition coefficient (Wildman–Crippen LogP) is 0.351. The van der Waals surface area contributed by atoms with Crippen LogP contribution in [0.25, 0.3) is 0 Å². The summed E-state index contributed by atoms with van der Waals surface area (Å²) in [7, 11) is -2.98. The maximum absolute atomic E-state index is 11.7. The third-order valence-electron chi connectivity index (χ3n) is 3.31. The third-order valence-corrected chi connectivity index (χ3v) is 6.32. The highest BCUT2D eigenvalue weighted by Crippen LogP contribution is 2.31. The van der Waals surface area contributed by atoms with Gasteiger partial charge in [0.15, 0.2) is 14.9 Å². The van der Waals surface area contributed by atoms with E-state index in [1.54, 1.807) is 0 Å². The number of thiocarbonyl (C=S) groups is 1. The van der Waals surface area contributed by atoms with Gasteiger partial charge in [0.25, 0.3) is 0 Å². The fraction of sp³-hybridized carbons (Fsp3) is 0.700. The molecule has 2 aliphatic rings. The van der Waals surface area contributed by atoms with Crippen molar-refractivity contribution in [3.8, 4) is 0 Å². The van der Waals surface area contributed by atoms with Crippen LogP contribution >= 0.6 is 23.6 Å². The molecule has 0 aliphatic carbocycles. The number of fused-ring (bicyclic) bond motifs is 1. The molecular formula is C10H14N4O2S3. The van der Waals surface area contributed by atoms with Gasteiger partial charge in [-0.05, 0) is 18.6 Å². The Bertz CT molecular complexity index is 612. The van der Waals surface area contributed by atoms with Crippen molar-refractivity contribution in [2.24, 2.45) is 0 Å². The summed E-state index contributed by atoms with van der Waals surface area (Å²) in [5.41, 5.74) is 0. The summed E-state index contributed by atoms with van der Waals surface area (Å²) >= 11 is 6.77. The van der Waals surface area contributed by atoms with Crippen molar-refractivity contribution in [3.05, 3.63) is 5.01 Å². The van der Waals surface area contributed by atoms with Gasteiger partial charge in [0.1, 0.15) is 5.01 Å². The fourth-order valence-electron chi connectivity index (χ4n) is 2.49. The summed E-state index contributed by atoms with van der Waals surface area (Å²) in [6.45, 7) is 2.09. The molecule has 0 amide bonds. The van der Waals surface area contributed by atoms with Crippen LogP contribution in [0.1, 0.15) is 18.4 Å².